The number of benzene rings is 8. The lowest BCUT2D eigenvalue weighted by Gasteiger charge is -2.26. The molecule has 0 bridgehead atoms. The highest BCUT2D eigenvalue weighted by Crippen LogP contribution is 2.44. The largest absolute Gasteiger partial charge is 0.310 e. The Morgan fingerprint density at radius 3 is 1.31 bits per heavy atom. The normalized spacial score (nSPS) is 11.5. The van der Waals surface area contributed by atoms with Gasteiger partial charge in [-0.15, -0.1) is 22.7 Å². The quantitative estimate of drug-likeness (QED) is 0.163. The van der Waals surface area contributed by atoms with E-state index in [1.165, 1.54) is 51.5 Å². The summed E-state index contributed by atoms with van der Waals surface area (Å²) < 4.78 is 5.21. The summed E-state index contributed by atoms with van der Waals surface area (Å²) in [7, 11) is 0. The van der Waals surface area contributed by atoms with Gasteiger partial charge in [0.05, 0.1) is 0 Å². The van der Waals surface area contributed by atoms with Crippen molar-refractivity contribution in [2.75, 3.05) is 9.80 Å². The second-order valence-corrected chi connectivity index (χ2v) is 15.2. The molecule has 0 saturated heterocycles. The molecule has 2 aromatic heterocycles. The summed E-state index contributed by atoms with van der Waals surface area (Å²) in [5, 5.41) is 5.17. The molecule has 246 valence electrons. The highest BCUT2D eigenvalue weighted by atomic mass is 32.1. The molecule has 2 heterocycles. The van der Waals surface area contributed by atoms with Gasteiger partial charge in [0.1, 0.15) is 0 Å². The highest BCUT2D eigenvalue weighted by Gasteiger charge is 2.17. The molecule has 0 aliphatic rings. The first-order chi connectivity index (χ1) is 25.8. The van der Waals surface area contributed by atoms with Gasteiger partial charge in [0.2, 0.25) is 0 Å². The molecule has 0 amide bonds. The molecule has 0 atom stereocenters. The number of hydrogen-bond acceptors (Lipinski definition) is 4. The molecule has 0 aliphatic carbocycles. The maximum atomic E-state index is 2.38. The van der Waals surface area contributed by atoms with Crippen molar-refractivity contribution < 1.29 is 0 Å². The van der Waals surface area contributed by atoms with E-state index in [1.807, 2.05) is 22.7 Å². The molecule has 0 N–H and O–H groups in total. The Kier molecular flexibility index (Phi) is 7.56. The average Bonchev–Trinajstić information content (AvgIpc) is 3.77. The number of fused-ring (bicyclic) bond motifs is 6. The summed E-state index contributed by atoms with van der Waals surface area (Å²) in [6.45, 7) is 0. The summed E-state index contributed by atoms with van der Waals surface area (Å²) in [4.78, 5) is 4.71. The van der Waals surface area contributed by atoms with Gasteiger partial charge in [-0.25, -0.2) is 0 Å². The minimum atomic E-state index is 1.13. The molecule has 2 nitrogen and oxygen atoms in total. The van der Waals surface area contributed by atoms with E-state index in [-0.39, 0.29) is 0 Å². The Morgan fingerprint density at radius 2 is 0.692 bits per heavy atom. The molecule has 8 aromatic carbocycles. The van der Waals surface area contributed by atoms with Crippen molar-refractivity contribution in [2.24, 2.45) is 0 Å². The van der Waals surface area contributed by atoms with Crippen LogP contribution in [0.1, 0.15) is 0 Å². The van der Waals surface area contributed by atoms with Crippen LogP contribution in [0.3, 0.4) is 0 Å². The minimum absolute atomic E-state index is 1.13. The lowest BCUT2D eigenvalue weighted by atomic mass is 10.0. The van der Waals surface area contributed by atoms with Crippen molar-refractivity contribution in [3.63, 3.8) is 0 Å². The topological polar surface area (TPSA) is 6.48 Å². The Balaban J connectivity index is 1.05. The maximum Gasteiger partial charge on any atom is 0.0468 e. The minimum Gasteiger partial charge on any atom is -0.310 e. The van der Waals surface area contributed by atoms with Gasteiger partial charge < -0.3 is 9.80 Å². The maximum absolute atomic E-state index is 2.38. The van der Waals surface area contributed by atoms with Crippen LogP contribution in [0.15, 0.2) is 194 Å². The molecule has 0 unspecified atom stereocenters. The monoisotopic (exact) mass is 700 g/mol. The highest BCUT2D eigenvalue weighted by molar-refractivity contribution is 7.26. The molecular formula is C48H32N2S2. The smallest absolute Gasteiger partial charge is 0.0468 e. The van der Waals surface area contributed by atoms with Gasteiger partial charge in [0, 0.05) is 74.5 Å². The number of para-hydroxylation sites is 3. The van der Waals surface area contributed by atoms with E-state index >= 15 is 0 Å². The number of thiophene rings is 2. The van der Waals surface area contributed by atoms with E-state index in [0.29, 0.717) is 0 Å². The van der Waals surface area contributed by atoms with Crippen molar-refractivity contribution in [3.8, 4) is 11.1 Å². The van der Waals surface area contributed by atoms with Gasteiger partial charge in [0.25, 0.3) is 0 Å². The third-order valence-electron chi connectivity index (χ3n) is 9.81. The predicted molar refractivity (Wildman–Crippen MR) is 227 cm³/mol. The van der Waals surface area contributed by atoms with Gasteiger partial charge >= 0.3 is 0 Å². The van der Waals surface area contributed by atoms with Gasteiger partial charge in [-0.2, -0.15) is 0 Å². The van der Waals surface area contributed by atoms with Gasteiger partial charge in [-0.05, 0) is 108 Å². The molecule has 0 aliphatic heterocycles. The van der Waals surface area contributed by atoms with Crippen LogP contribution in [0.2, 0.25) is 0 Å². The van der Waals surface area contributed by atoms with Crippen molar-refractivity contribution >= 4 is 97.1 Å². The lowest BCUT2D eigenvalue weighted by Crippen LogP contribution is -2.09. The molecule has 4 heteroatoms. The summed E-state index contributed by atoms with van der Waals surface area (Å²) in [5.74, 6) is 0. The molecule has 0 fully saturated rings. The fraction of sp³-hybridized carbons (Fsp3) is 0. The fourth-order valence-electron chi connectivity index (χ4n) is 7.39. The van der Waals surface area contributed by atoms with E-state index in [0.717, 1.165) is 34.1 Å². The van der Waals surface area contributed by atoms with Crippen LogP contribution in [-0.4, -0.2) is 0 Å². The van der Waals surface area contributed by atoms with E-state index in [2.05, 4.69) is 204 Å². The molecule has 0 radical (unpaired) electrons. The Morgan fingerprint density at radius 1 is 0.250 bits per heavy atom. The molecule has 10 aromatic rings. The summed E-state index contributed by atoms with van der Waals surface area (Å²) in [5.41, 5.74) is 9.25. The SMILES string of the molecule is c1ccc(N(c2cccc(-c3ccc4c(c3)sc3ccc(N(c5ccccc5)c5ccccc5)cc34)c2)c2ccc3sc4ccccc4c3c2)cc1. The Hall–Kier alpha value is -6.20. The van der Waals surface area contributed by atoms with E-state index < -0.39 is 0 Å². The van der Waals surface area contributed by atoms with Crippen LogP contribution in [-0.2, 0) is 0 Å². The second kappa shape index (κ2) is 12.8. The zero-order valence-corrected chi connectivity index (χ0v) is 29.8. The number of hydrogen-bond donors (Lipinski definition) is 0. The summed E-state index contributed by atoms with van der Waals surface area (Å²) in [6.07, 6.45) is 0. The zero-order chi connectivity index (χ0) is 34.4. The molecule has 0 saturated carbocycles. The van der Waals surface area contributed by atoms with Gasteiger partial charge in [-0.1, -0.05) is 97.1 Å². The van der Waals surface area contributed by atoms with E-state index in [1.54, 1.807) is 0 Å². The fourth-order valence-corrected chi connectivity index (χ4v) is 9.60. The predicted octanol–water partition coefficient (Wildman–Crippen LogP) is 15.0. The van der Waals surface area contributed by atoms with Crippen molar-refractivity contribution in [3.05, 3.63) is 194 Å². The molecule has 0 spiro atoms. The molecule has 52 heavy (non-hydrogen) atoms. The third kappa shape index (κ3) is 5.41. The number of rotatable bonds is 7. The van der Waals surface area contributed by atoms with Crippen LogP contribution in [0.5, 0.6) is 0 Å². The van der Waals surface area contributed by atoms with E-state index in [4.69, 9.17) is 0 Å². The first-order valence-electron chi connectivity index (χ1n) is 17.5. The summed E-state index contributed by atoms with van der Waals surface area (Å²) >= 11 is 3.72. The Bertz CT molecular complexity index is 2820. The van der Waals surface area contributed by atoms with Crippen LogP contribution in [0, 0.1) is 0 Å². The van der Waals surface area contributed by atoms with Gasteiger partial charge in [-0.3, -0.25) is 0 Å². The number of nitrogens with zero attached hydrogens (tertiary/aromatic N) is 2. The zero-order valence-electron chi connectivity index (χ0n) is 28.2. The lowest BCUT2D eigenvalue weighted by molar-refractivity contribution is 1.29. The van der Waals surface area contributed by atoms with Crippen LogP contribution < -0.4 is 9.80 Å². The second-order valence-electron chi connectivity index (χ2n) is 13.0. The van der Waals surface area contributed by atoms with E-state index in [9.17, 15) is 0 Å². The van der Waals surface area contributed by atoms with Crippen molar-refractivity contribution in [1.82, 2.24) is 0 Å². The molecular weight excluding hydrogens is 669 g/mol. The number of anilines is 6. The van der Waals surface area contributed by atoms with Crippen LogP contribution >= 0.6 is 22.7 Å². The van der Waals surface area contributed by atoms with Crippen molar-refractivity contribution in [2.45, 2.75) is 0 Å². The van der Waals surface area contributed by atoms with Gasteiger partial charge in [0.15, 0.2) is 0 Å². The standard InChI is InChI=1S/C48H32N2S2/c1-4-14-35(15-5-1)49(36-16-6-2-7-17-36)39-24-28-47-44(31-39)42-26-23-34(30-48(42)52-47)33-13-12-20-38(29-33)50(37-18-8-3-9-19-37)40-25-27-46-43(32-40)41-21-10-11-22-45(41)51-46/h1-32H. The third-order valence-corrected chi connectivity index (χ3v) is 12.1. The Labute approximate surface area is 310 Å². The summed E-state index contributed by atoms with van der Waals surface area (Å²) in [6, 6.07) is 70.3. The van der Waals surface area contributed by atoms with Crippen LogP contribution in [0.25, 0.3) is 51.5 Å². The van der Waals surface area contributed by atoms with Crippen molar-refractivity contribution in [1.29, 1.82) is 0 Å². The first kappa shape index (κ1) is 30.6. The molecule has 10 rings (SSSR count). The average molecular weight is 701 g/mol. The first-order valence-corrected chi connectivity index (χ1v) is 19.1. The van der Waals surface area contributed by atoms with Crippen LogP contribution in [0.4, 0.5) is 34.1 Å².